The summed E-state index contributed by atoms with van der Waals surface area (Å²) in [4.78, 5) is 39.6. The van der Waals surface area contributed by atoms with Gasteiger partial charge in [-0.25, -0.2) is 0 Å². The first-order valence-electron chi connectivity index (χ1n) is 9.59. The minimum Gasteiger partial charge on any atom is -0.478 e. The Balaban J connectivity index is 1.60. The third-order valence-electron chi connectivity index (χ3n) is 5.40. The predicted octanol–water partition coefficient (Wildman–Crippen LogP) is 2.68. The molecule has 0 saturated carbocycles. The molecule has 2 aliphatic heterocycles. The molecule has 8 heteroatoms. The molecule has 2 aromatic carbocycles. The summed E-state index contributed by atoms with van der Waals surface area (Å²) in [6.07, 6.45) is 0.495. The molecule has 8 nitrogen and oxygen atoms in total. The Labute approximate surface area is 167 Å². The minimum atomic E-state index is -0.709. The number of amides is 2. The topological polar surface area (TPSA) is 93.0 Å². The van der Waals surface area contributed by atoms with Gasteiger partial charge in [-0.1, -0.05) is 31.2 Å². The Hall–Kier alpha value is -3.42. The first-order chi connectivity index (χ1) is 14.0. The highest BCUT2D eigenvalue weighted by Gasteiger charge is 2.36. The van der Waals surface area contributed by atoms with E-state index in [1.54, 1.807) is 4.90 Å². The smallest absolute Gasteiger partial charge is 0.271 e. The summed E-state index contributed by atoms with van der Waals surface area (Å²) >= 11 is 0. The molecule has 4 rings (SSSR count). The molecule has 0 radical (unpaired) electrons. The van der Waals surface area contributed by atoms with Gasteiger partial charge in [-0.2, -0.15) is 0 Å². The Morgan fingerprint density at radius 1 is 1.24 bits per heavy atom. The molecule has 2 aromatic rings. The average molecular weight is 395 g/mol. The number of hydrogen-bond acceptors (Lipinski definition) is 5. The van der Waals surface area contributed by atoms with Crippen LogP contribution in [-0.2, 0) is 22.6 Å². The van der Waals surface area contributed by atoms with Gasteiger partial charge in [0.1, 0.15) is 12.3 Å². The predicted molar refractivity (Wildman–Crippen MR) is 106 cm³/mol. The van der Waals surface area contributed by atoms with Gasteiger partial charge in [0.25, 0.3) is 11.6 Å². The van der Waals surface area contributed by atoms with Crippen molar-refractivity contribution in [3.8, 4) is 5.75 Å². The fourth-order valence-corrected chi connectivity index (χ4v) is 3.79. The van der Waals surface area contributed by atoms with Crippen molar-refractivity contribution in [2.45, 2.75) is 32.4 Å². The molecule has 0 N–H and O–H groups in total. The number of carbonyl (C=O) groups excluding carboxylic acids is 2. The van der Waals surface area contributed by atoms with Gasteiger partial charge in [0.05, 0.1) is 10.6 Å². The molecule has 150 valence electrons. The van der Waals surface area contributed by atoms with E-state index in [9.17, 15) is 19.7 Å². The van der Waals surface area contributed by atoms with Crippen LogP contribution in [0.15, 0.2) is 42.5 Å². The molecule has 1 atom stereocenters. The number of nitro benzene ring substituents is 1. The molecular formula is C21H21N3O5. The molecule has 0 aliphatic carbocycles. The highest BCUT2D eigenvalue weighted by atomic mass is 16.6. The normalized spacial score (nSPS) is 18.0. The van der Waals surface area contributed by atoms with Crippen molar-refractivity contribution in [1.29, 1.82) is 0 Å². The van der Waals surface area contributed by atoms with Crippen LogP contribution in [-0.4, -0.2) is 40.8 Å². The summed E-state index contributed by atoms with van der Waals surface area (Å²) in [5.41, 5.74) is 2.44. The third-order valence-corrected chi connectivity index (χ3v) is 5.40. The summed E-state index contributed by atoms with van der Waals surface area (Å²) in [7, 11) is 0. The van der Waals surface area contributed by atoms with Crippen LogP contribution in [0.1, 0.15) is 24.5 Å². The maximum atomic E-state index is 13.0. The zero-order chi connectivity index (χ0) is 20.5. The Kier molecular flexibility index (Phi) is 4.92. The molecule has 0 fully saturated rings. The average Bonchev–Trinajstić information content (AvgIpc) is 2.74. The minimum absolute atomic E-state index is 0.153. The van der Waals surface area contributed by atoms with Crippen LogP contribution in [0.4, 0.5) is 11.4 Å². The molecule has 29 heavy (non-hydrogen) atoms. The summed E-state index contributed by atoms with van der Waals surface area (Å²) in [5, 5.41) is 11.2. The van der Waals surface area contributed by atoms with E-state index in [1.165, 1.54) is 28.7 Å². The molecule has 0 saturated heterocycles. The summed E-state index contributed by atoms with van der Waals surface area (Å²) in [6, 6.07) is 12.1. The second-order valence-electron chi connectivity index (χ2n) is 7.18. The van der Waals surface area contributed by atoms with Crippen molar-refractivity contribution in [3.63, 3.8) is 0 Å². The van der Waals surface area contributed by atoms with E-state index in [-0.39, 0.29) is 29.7 Å². The number of carbonyl (C=O) groups is 2. The zero-order valence-electron chi connectivity index (χ0n) is 16.0. The van der Waals surface area contributed by atoms with Crippen molar-refractivity contribution in [2.24, 2.45) is 0 Å². The largest absolute Gasteiger partial charge is 0.478 e. The van der Waals surface area contributed by atoms with E-state index < -0.39 is 11.0 Å². The second-order valence-corrected chi connectivity index (χ2v) is 7.18. The lowest BCUT2D eigenvalue weighted by Gasteiger charge is -2.35. The van der Waals surface area contributed by atoms with Crippen LogP contribution in [0.2, 0.25) is 0 Å². The number of hydrogen-bond donors (Lipinski definition) is 0. The fraction of sp³-hybridized carbons (Fsp3) is 0.333. The van der Waals surface area contributed by atoms with Crippen molar-refractivity contribution in [1.82, 2.24) is 4.90 Å². The maximum absolute atomic E-state index is 13.0. The van der Waals surface area contributed by atoms with Gasteiger partial charge in [0.15, 0.2) is 6.10 Å². The van der Waals surface area contributed by atoms with Crippen LogP contribution in [0.5, 0.6) is 5.75 Å². The highest BCUT2D eigenvalue weighted by molar-refractivity contribution is 6.04. The van der Waals surface area contributed by atoms with Gasteiger partial charge in [-0.05, 0) is 30.0 Å². The lowest BCUT2D eigenvalue weighted by Crippen LogP contribution is -2.50. The van der Waals surface area contributed by atoms with Gasteiger partial charge in [-0.15, -0.1) is 0 Å². The lowest BCUT2D eigenvalue weighted by molar-refractivity contribution is -0.384. The SMILES string of the molecule is CCC1Oc2ccc([N+](=O)[O-])cc2N(CC(=O)N2CCc3ccccc3C2)C1=O. The van der Waals surface area contributed by atoms with E-state index in [4.69, 9.17) is 4.74 Å². The van der Waals surface area contributed by atoms with Crippen molar-refractivity contribution in [2.75, 3.05) is 18.0 Å². The number of fused-ring (bicyclic) bond motifs is 2. The van der Waals surface area contributed by atoms with E-state index in [0.717, 1.165) is 12.0 Å². The molecule has 0 aromatic heterocycles. The number of ether oxygens (including phenoxy) is 1. The van der Waals surface area contributed by atoms with Crippen LogP contribution in [0.25, 0.3) is 0 Å². The molecule has 1 unspecified atom stereocenters. The monoisotopic (exact) mass is 395 g/mol. The lowest BCUT2D eigenvalue weighted by atomic mass is 10.00. The van der Waals surface area contributed by atoms with Gasteiger partial charge in [0, 0.05) is 25.2 Å². The first-order valence-corrected chi connectivity index (χ1v) is 9.59. The van der Waals surface area contributed by atoms with Crippen LogP contribution < -0.4 is 9.64 Å². The van der Waals surface area contributed by atoms with Gasteiger partial charge >= 0.3 is 0 Å². The van der Waals surface area contributed by atoms with Crippen molar-refractivity contribution in [3.05, 3.63) is 63.7 Å². The molecule has 2 aliphatic rings. The van der Waals surface area contributed by atoms with E-state index in [2.05, 4.69) is 6.07 Å². The van der Waals surface area contributed by atoms with E-state index in [0.29, 0.717) is 25.3 Å². The standard InChI is InChI=1S/C21H21N3O5/c1-2-18-21(26)23(17-11-16(24(27)28)7-8-19(17)29-18)13-20(25)22-10-9-14-5-3-4-6-15(14)12-22/h3-8,11,18H,2,9-10,12-13H2,1H3. The number of benzene rings is 2. The second kappa shape index (κ2) is 7.54. The van der Waals surface area contributed by atoms with Gasteiger partial charge in [0.2, 0.25) is 5.91 Å². The number of non-ortho nitro benzene ring substituents is 1. The Morgan fingerprint density at radius 2 is 2.00 bits per heavy atom. The van der Waals surface area contributed by atoms with Crippen molar-refractivity contribution < 1.29 is 19.2 Å². The number of nitro groups is 1. The maximum Gasteiger partial charge on any atom is 0.271 e. The van der Waals surface area contributed by atoms with Crippen LogP contribution in [0.3, 0.4) is 0 Å². The molecule has 0 bridgehead atoms. The van der Waals surface area contributed by atoms with Gasteiger partial charge in [-0.3, -0.25) is 24.6 Å². The molecule has 0 spiro atoms. The Morgan fingerprint density at radius 3 is 2.72 bits per heavy atom. The van der Waals surface area contributed by atoms with Crippen LogP contribution >= 0.6 is 0 Å². The number of nitrogens with zero attached hydrogens (tertiary/aromatic N) is 3. The quantitative estimate of drug-likeness (QED) is 0.586. The van der Waals surface area contributed by atoms with E-state index >= 15 is 0 Å². The summed E-state index contributed by atoms with van der Waals surface area (Å²) < 4.78 is 5.69. The van der Waals surface area contributed by atoms with Crippen LogP contribution in [0, 0.1) is 10.1 Å². The summed E-state index contributed by atoms with van der Waals surface area (Å²) in [5.74, 6) is -0.174. The van der Waals surface area contributed by atoms with Crippen molar-refractivity contribution >= 4 is 23.2 Å². The zero-order valence-corrected chi connectivity index (χ0v) is 16.0. The number of rotatable bonds is 4. The van der Waals surface area contributed by atoms with E-state index in [1.807, 2.05) is 25.1 Å². The molecule has 2 amide bonds. The molecule has 2 heterocycles. The Bertz CT molecular complexity index is 990. The molecular weight excluding hydrogens is 374 g/mol. The third kappa shape index (κ3) is 3.53. The highest BCUT2D eigenvalue weighted by Crippen LogP contribution is 2.37. The number of anilines is 1. The van der Waals surface area contributed by atoms with Gasteiger partial charge < -0.3 is 9.64 Å². The fourth-order valence-electron chi connectivity index (χ4n) is 3.79. The first kappa shape index (κ1) is 18.9. The summed E-state index contributed by atoms with van der Waals surface area (Å²) in [6.45, 7) is 2.72.